The Labute approximate surface area is 124 Å². The molecule has 0 aliphatic carbocycles. The van der Waals surface area contributed by atoms with Crippen LogP contribution < -0.4 is 11.1 Å². The minimum absolute atomic E-state index is 0.230. The molecule has 0 spiro atoms. The summed E-state index contributed by atoms with van der Waals surface area (Å²) in [6, 6.07) is 14.0. The van der Waals surface area contributed by atoms with Crippen LogP contribution in [0, 0.1) is 0 Å². The third kappa shape index (κ3) is 5.06. The molecule has 0 saturated heterocycles. The first-order chi connectivity index (χ1) is 9.75. The monoisotopic (exact) mass is 290 g/mol. The molecule has 0 radical (unpaired) electrons. The van der Waals surface area contributed by atoms with E-state index in [1.165, 1.54) is 4.88 Å². The number of nitrogens with one attached hydrogen (secondary N) is 1. The lowest BCUT2D eigenvalue weighted by atomic mass is 10.0. The Bertz CT molecular complexity index is 472. The predicted molar refractivity (Wildman–Crippen MR) is 85.0 cm³/mol. The fourth-order valence-corrected chi connectivity index (χ4v) is 2.80. The number of hydrogen-bond donors (Lipinski definition) is 3. The zero-order valence-electron chi connectivity index (χ0n) is 11.5. The van der Waals surface area contributed by atoms with Crippen molar-refractivity contribution in [3.8, 4) is 0 Å². The predicted octanol–water partition coefficient (Wildman–Crippen LogP) is 1.81. The van der Waals surface area contributed by atoms with Crippen LogP contribution in [0.25, 0.3) is 0 Å². The summed E-state index contributed by atoms with van der Waals surface area (Å²) in [6.07, 6.45) is 1.19. The first kappa shape index (κ1) is 15.2. The Kier molecular flexibility index (Phi) is 6.21. The Morgan fingerprint density at radius 1 is 1.15 bits per heavy atom. The average Bonchev–Trinajstić information content (AvgIpc) is 2.97. The highest BCUT2D eigenvalue weighted by molar-refractivity contribution is 7.09. The molecule has 0 amide bonds. The maximum atomic E-state index is 10.1. The van der Waals surface area contributed by atoms with Gasteiger partial charge in [0.15, 0.2) is 0 Å². The molecule has 0 unspecified atom stereocenters. The normalized spacial score (nSPS) is 14.1. The molecule has 0 saturated carbocycles. The fourth-order valence-electron chi connectivity index (χ4n) is 2.09. The van der Waals surface area contributed by atoms with Gasteiger partial charge in [-0.25, -0.2) is 0 Å². The molecule has 0 aliphatic rings. The zero-order valence-corrected chi connectivity index (χ0v) is 12.4. The van der Waals surface area contributed by atoms with Crippen molar-refractivity contribution in [2.45, 2.75) is 25.0 Å². The molecule has 1 aromatic heterocycles. The first-order valence-electron chi connectivity index (χ1n) is 6.96. The minimum Gasteiger partial charge on any atom is -0.390 e. The van der Waals surface area contributed by atoms with Crippen LogP contribution in [0.3, 0.4) is 0 Å². The van der Waals surface area contributed by atoms with Crippen LogP contribution in [-0.4, -0.2) is 30.3 Å². The van der Waals surface area contributed by atoms with Crippen molar-refractivity contribution in [1.82, 2.24) is 5.32 Å². The largest absolute Gasteiger partial charge is 0.390 e. The van der Waals surface area contributed by atoms with E-state index >= 15 is 0 Å². The van der Waals surface area contributed by atoms with Crippen molar-refractivity contribution >= 4 is 11.3 Å². The Balaban J connectivity index is 1.65. The van der Waals surface area contributed by atoms with Gasteiger partial charge in [0.25, 0.3) is 0 Å². The van der Waals surface area contributed by atoms with E-state index in [4.69, 9.17) is 5.73 Å². The van der Waals surface area contributed by atoms with Gasteiger partial charge in [0.1, 0.15) is 0 Å². The van der Waals surface area contributed by atoms with Crippen molar-refractivity contribution in [1.29, 1.82) is 0 Å². The average molecular weight is 290 g/mol. The van der Waals surface area contributed by atoms with Crippen molar-refractivity contribution < 1.29 is 5.11 Å². The van der Waals surface area contributed by atoms with E-state index in [9.17, 15) is 5.11 Å². The number of rotatable bonds is 8. The lowest BCUT2D eigenvalue weighted by molar-refractivity contribution is 0.142. The zero-order chi connectivity index (χ0) is 14.2. The second-order valence-corrected chi connectivity index (χ2v) is 5.99. The maximum Gasteiger partial charge on any atom is 0.0818 e. The number of benzene rings is 1. The Hall–Kier alpha value is -1.20. The van der Waals surface area contributed by atoms with Crippen molar-refractivity contribution in [2.75, 3.05) is 13.1 Å². The van der Waals surface area contributed by atoms with E-state index in [-0.39, 0.29) is 6.04 Å². The lowest BCUT2D eigenvalue weighted by Gasteiger charge is -2.19. The van der Waals surface area contributed by atoms with Gasteiger partial charge in [-0.15, -0.1) is 11.3 Å². The summed E-state index contributed by atoms with van der Waals surface area (Å²) >= 11 is 1.76. The lowest BCUT2D eigenvalue weighted by Crippen LogP contribution is -2.43. The number of nitrogens with two attached hydrogens (primary N) is 1. The summed E-state index contributed by atoms with van der Waals surface area (Å²) in [7, 11) is 0. The standard InChI is InChI=1S/C16H22N2OS/c17-15(11-13-5-2-1-3-6-13)16(19)12-18-9-8-14-7-4-10-20-14/h1-7,10,15-16,18-19H,8-9,11-12,17H2/t15-,16+/m0/s1. The molecule has 20 heavy (non-hydrogen) atoms. The summed E-state index contributed by atoms with van der Waals surface area (Å²) in [5.41, 5.74) is 7.20. The van der Waals surface area contributed by atoms with Crippen LogP contribution in [0.1, 0.15) is 10.4 Å². The van der Waals surface area contributed by atoms with Gasteiger partial charge >= 0.3 is 0 Å². The Morgan fingerprint density at radius 3 is 2.65 bits per heavy atom. The summed E-state index contributed by atoms with van der Waals surface area (Å²) < 4.78 is 0. The first-order valence-corrected chi connectivity index (χ1v) is 7.84. The van der Waals surface area contributed by atoms with E-state index in [1.54, 1.807) is 11.3 Å². The van der Waals surface area contributed by atoms with Crippen LogP contribution in [0.2, 0.25) is 0 Å². The SMILES string of the molecule is N[C@@H](Cc1ccccc1)[C@H](O)CNCCc1cccs1. The van der Waals surface area contributed by atoms with Crippen LogP contribution in [0.4, 0.5) is 0 Å². The van der Waals surface area contributed by atoms with Gasteiger partial charge in [-0.3, -0.25) is 0 Å². The molecule has 1 aromatic carbocycles. The van der Waals surface area contributed by atoms with E-state index in [1.807, 2.05) is 30.3 Å². The van der Waals surface area contributed by atoms with Crippen LogP contribution in [0.5, 0.6) is 0 Å². The summed E-state index contributed by atoms with van der Waals surface area (Å²) in [5, 5.41) is 15.4. The molecule has 3 nitrogen and oxygen atoms in total. The molecule has 0 aliphatic heterocycles. The summed E-state index contributed by atoms with van der Waals surface area (Å²) in [4.78, 5) is 1.36. The molecule has 4 N–H and O–H groups in total. The highest BCUT2D eigenvalue weighted by Crippen LogP contribution is 2.08. The molecule has 0 fully saturated rings. The van der Waals surface area contributed by atoms with Crippen LogP contribution >= 0.6 is 11.3 Å². The van der Waals surface area contributed by atoms with E-state index in [2.05, 4.69) is 22.8 Å². The van der Waals surface area contributed by atoms with Gasteiger partial charge in [-0.2, -0.15) is 0 Å². The third-order valence-electron chi connectivity index (χ3n) is 3.29. The topological polar surface area (TPSA) is 58.3 Å². The summed E-state index contributed by atoms with van der Waals surface area (Å²) in [5.74, 6) is 0. The molecule has 2 atom stereocenters. The van der Waals surface area contributed by atoms with Gasteiger partial charge in [0, 0.05) is 24.0 Å². The molecular formula is C16H22N2OS. The molecular weight excluding hydrogens is 268 g/mol. The molecule has 0 bridgehead atoms. The highest BCUT2D eigenvalue weighted by Gasteiger charge is 2.14. The molecule has 2 aromatic rings. The fraction of sp³-hybridized carbons (Fsp3) is 0.375. The molecule has 1 heterocycles. The molecule has 108 valence electrons. The minimum atomic E-state index is -0.515. The number of hydrogen-bond acceptors (Lipinski definition) is 4. The number of aliphatic hydroxyl groups is 1. The maximum absolute atomic E-state index is 10.1. The highest BCUT2D eigenvalue weighted by atomic mass is 32.1. The van der Waals surface area contributed by atoms with Gasteiger partial charge in [-0.1, -0.05) is 36.4 Å². The van der Waals surface area contributed by atoms with E-state index < -0.39 is 6.10 Å². The van der Waals surface area contributed by atoms with Gasteiger partial charge < -0.3 is 16.2 Å². The van der Waals surface area contributed by atoms with E-state index in [0.717, 1.165) is 18.5 Å². The number of thiophene rings is 1. The van der Waals surface area contributed by atoms with Crippen molar-refractivity contribution in [3.05, 3.63) is 58.3 Å². The van der Waals surface area contributed by atoms with Gasteiger partial charge in [0.2, 0.25) is 0 Å². The van der Waals surface area contributed by atoms with Gasteiger partial charge in [0.05, 0.1) is 6.10 Å². The quantitative estimate of drug-likeness (QED) is 0.650. The smallest absolute Gasteiger partial charge is 0.0818 e. The second-order valence-electron chi connectivity index (χ2n) is 4.95. The summed E-state index contributed by atoms with van der Waals surface area (Å²) in [6.45, 7) is 1.41. The van der Waals surface area contributed by atoms with Crippen molar-refractivity contribution in [2.24, 2.45) is 5.73 Å². The van der Waals surface area contributed by atoms with E-state index in [0.29, 0.717) is 13.0 Å². The third-order valence-corrected chi connectivity index (χ3v) is 4.23. The Morgan fingerprint density at radius 2 is 1.95 bits per heavy atom. The number of aliphatic hydroxyl groups excluding tert-OH is 1. The van der Waals surface area contributed by atoms with Crippen LogP contribution in [0.15, 0.2) is 47.8 Å². The molecule has 4 heteroatoms. The molecule has 2 rings (SSSR count). The van der Waals surface area contributed by atoms with Crippen LogP contribution in [-0.2, 0) is 12.8 Å². The second kappa shape index (κ2) is 8.17. The van der Waals surface area contributed by atoms with Crippen molar-refractivity contribution in [3.63, 3.8) is 0 Å². The van der Waals surface area contributed by atoms with Gasteiger partial charge in [-0.05, 0) is 29.9 Å².